The molecule has 16 heavy (non-hydrogen) atoms. The van der Waals surface area contributed by atoms with Gasteiger partial charge in [-0.3, -0.25) is 5.41 Å². The fourth-order valence-corrected chi connectivity index (χ4v) is 1.73. The molecule has 1 unspecified atom stereocenters. The first-order valence-electron chi connectivity index (χ1n) is 5.34. The van der Waals surface area contributed by atoms with Gasteiger partial charge in [-0.05, 0) is 19.9 Å². The Morgan fingerprint density at radius 2 is 1.75 bits per heavy atom. The maximum Gasteiger partial charge on any atom is 0.399 e. The predicted octanol–water partition coefficient (Wildman–Crippen LogP) is 2.22. The Hall–Kier alpha value is -0.780. The largest absolute Gasteiger partial charge is 0.399 e. The van der Waals surface area contributed by atoms with Crippen molar-refractivity contribution >= 4 is 5.84 Å². The van der Waals surface area contributed by atoms with Crippen LogP contribution in [0.25, 0.3) is 0 Å². The van der Waals surface area contributed by atoms with Gasteiger partial charge in [0.2, 0.25) is 0 Å². The lowest BCUT2D eigenvalue weighted by atomic mass is 10.0. The zero-order valence-corrected chi connectivity index (χ0v) is 9.93. The minimum atomic E-state index is -4.44. The smallest absolute Gasteiger partial charge is 0.387 e. The monoisotopic (exact) mass is 239 g/mol. The molecule has 0 bridgehead atoms. The van der Waals surface area contributed by atoms with Gasteiger partial charge in [-0.15, -0.1) is 0 Å². The maximum atomic E-state index is 12.6. The SMILES string of the molecule is CCC(CC)N(C)CC(C(=N)N)C(F)(F)F. The summed E-state index contributed by atoms with van der Waals surface area (Å²) in [5.74, 6) is -2.68. The van der Waals surface area contributed by atoms with Crippen LogP contribution in [-0.4, -0.2) is 36.5 Å². The van der Waals surface area contributed by atoms with Crippen LogP contribution in [-0.2, 0) is 0 Å². The molecule has 3 nitrogen and oxygen atoms in total. The summed E-state index contributed by atoms with van der Waals surface area (Å²) < 4.78 is 37.7. The van der Waals surface area contributed by atoms with E-state index in [2.05, 4.69) is 0 Å². The zero-order valence-electron chi connectivity index (χ0n) is 9.93. The minimum Gasteiger partial charge on any atom is -0.387 e. The lowest BCUT2D eigenvalue weighted by molar-refractivity contribution is -0.160. The van der Waals surface area contributed by atoms with E-state index in [0.29, 0.717) is 0 Å². The molecule has 0 aromatic rings. The number of alkyl halides is 3. The van der Waals surface area contributed by atoms with Crippen LogP contribution in [0, 0.1) is 11.3 Å². The van der Waals surface area contributed by atoms with Crippen molar-refractivity contribution in [2.75, 3.05) is 13.6 Å². The molecule has 3 N–H and O–H groups in total. The van der Waals surface area contributed by atoms with Crippen molar-refractivity contribution in [3.8, 4) is 0 Å². The summed E-state index contributed by atoms with van der Waals surface area (Å²) >= 11 is 0. The molecule has 6 heteroatoms. The molecule has 96 valence electrons. The van der Waals surface area contributed by atoms with Crippen LogP contribution in [0.3, 0.4) is 0 Å². The number of hydrogen-bond donors (Lipinski definition) is 2. The lowest BCUT2D eigenvalue weighted by Crippen LogP contribution is -2.45. The van der Waals surface area contributed by atoms with Crippen LogP contribution in [0.5, 0.6) is 0 Å². The van der Waals surface area contributed by atoms with E-state index in [1.807, 2.05) is 13.8 Å². The van der Waals surface area contributed by atoms with Gasteiger partial charge in [0.25, 0.3) is 0 Å². The predicted molar refractivity (Wildman–Crippen MR) is 58.5 cm³/mol. The highest BCUT2D eigenvalue weighted by Gasteiger charge is 2.42. The summed E-state index contributed by atoms with van der Waals surface area (Å²) in [5.41, 5.74) is 4.99. The van der Waals surface area contributed by atoms with Gasteiger partial charge < -0.3 is 10.6 Å². The molecular formula is C10H20F3N3. The molecule has 0 fully saturated rings. The van der Waals surface area contributed by atoms with Crippen molar-refractivity contribution in [3.63, 3.8) is 0 Å². The van der Waals surface area contributed by atoms with Crippen molar-refractivity contribution < 1.29 is 13.2 Å². The van der Waals surface area contributed by atoms with E-state index in [-0.39, 0.29) is 12.6 Å². The number of nitrogens with one attached hydrogen (secondary N) is 1. The van der Waals surface area contributed by atoms with Crippen molar-refractivity contribution in [1.82, 2.24) is 4.90 Å². The second kappa shape index (κ2) is 6.08. The number of rotatable bonds is 6. The van der Waals surface area contributed by atoms with Crippen molar-refractivity contribution in [3.05, 3.63) is 0 Å². The highest BCUT2D eigenvalue weighted by molar-refractivity contribution is 5.80. The lowest BCUT2D eigenvalue weighted by Gasteiger charge is -2.30. The summed E-state index contributed by atoms with van der Waals surface area (Å²) in [6.45, 7) is 3.62. The highest BCUT2D eigenvalue weighted by atomic mass is 19.4. The Balaban J connectivity index is 4.58. The summed E-state index contributed by atoms with van der Waals surface area (Å²) in [6, 6.07) is 0.101. The third-order valence-electron chi connectivity index (χ3n) is 2.81. The standard InChI is InChI=1S/C10H20F3N3/c1-4-7(5-2)16(3)6-8(9(14)15)10(11,12)13/h7-8H,4-6H2,1-3H3,(H3,14,15). The molecule has 0 saturated carbocycles. The van der Waals surface area contributed by atoms with Crippen LogP contribution in [0.2, 0.25) is 0 Å². The van der Waals surface area contributed by atoms with Gasteiger partial charge in [-0.2, -0.15) is 13.2 Å². The van der Waals surface area contributed by atoms with Crippen LogP contribution >= 0.6 is 0 Å². The van der Waals surface area contributed by atoms with E-state index < -0.39 is 17.9 Å². The number of nitrogens with two attached hydrogens (primary N) is 1. The van der Waals surface area contributed by atoms with E-state index in [0.717, 1.165) is 12.8 Å². The normalized spacial score (nSPS) is 14.5. The van der Waals surface area contributed by atoms with Crippen LogP contribution < -0.4 is 5.73 Å². The molecule has 0 amide bonds. The average Bonchev–Trinajstić information content (AvgIpc) is 2.13. The number of amidine groups is 1. The van der Waals surface area contributed by atoms with Crippen LogP contribution in [0.15, 0.2) is 0 Å². The third-order valence-corrected chi connectivity index (χ3v) is 2.81. The molecule has 0 aliphatic carbocycles. The molecule has 0 radical (unpaired) electrons. The van der Waals surface area contributed by atoms with Gasteiger partial charge in [0.05, 0.1) is 0 Å². The Morgan fingerprint density at radius 1 is 1.31 bits per heavy atom. The molecule has 0 heterocycles. The maximum absolute atomic E-state index is 12.6. The summed E-state index contributed by atoms with van der Waals surface area (Å²) in [6.07, 6.45) is -2.86. The molecule has 0 aliphatic heterocycles. The van der Waals surface area contributed by atoms with Gasteiger partial charge in [0.15, 0.2) is 0 Å². The Bertz CT molecular complexity index is 224. The fourth-order valence-electron chi connectivity index (χ4n) is 1.73. The van der Waals surface area contributed by atoms with Crippen LogP contribution in [0.1, 0.15) is 26.7 Å². The molecule has 1 atom stereocenters. The first-order valence-corrected chi connectivity index (χ1v) is 5.34. The minimum absolute atomic E-state index is 0.101. The molecule has 0 aromatic heterocycles. The Morgan fingerprint density at radius 3 is 2.00 bits per heavy atom. The van der Waals surface area contributed by atoms with Gasteiger partial charge in [-0.25, -0.2) is 0 Å². The topological polar surface area (TPSA) is 53.1 Å². The van der Waals surface area contributed by atoms with Gasteiger partial charge >= 0.3 is 6.18 Å². The number of hydrogen-bond acceptors (Lipinski definition) is 2. The van der Waals surface area contributed by atoms with Crippen molar-refractivity contribution in [2.24, 2.45) is 11.7 Å². The average molecular weight is 239 g/mol. The Kier molecular flexibility index (Phi) is 5.78. The van der Waals surface area contributed by atoms with E-state index >= 15 is 0 Å². The first-order chi connectivity index (χ1) is 7.23. The van der Waals surface area contributed by atoms with Crippen molar-refractivity contribution in [1.29, 1.82) is 5.41 Å². The van der Waals surface area contributed by atoms with Crippen LogP contribution in [0.4, 0.5) is 13.2 Å². The summed E-state index contributed by atoms with van der Waals surface area (Å²) in [5, 5.41) is 6.99. The summed E-state index contributed by atoms with van der Waals surface area (Å²) in [7, 11) is 1.64. The van der Waals surface area contributed by atoms with Gasteiger partial charge in [0, 0.05) is 12.6 Å². The fraction of sp³-hybridized carbons (Fsp3) is 0.900. The first kappa shape index (κ1) is 15.2. The molecule has 0 aromatic carbocycles. The molecule has 0 spiro atoms. The van der Waals surface area contributed by atoms with E-state index in [1.54, 1.807) is 11.9 Å². The summed E-state index contributed by atoms with van der Waals surface area (Å²) in [4.78, 5) is 1.62. The molecule has 0 saturated heterocycles. The number of nitrogens with zero attached hydrogens (tertiary/aromatic N) is 1. The van der Waals surface area contributed by atoms with E-state index in [1.165, 1.54) is 0 Å². The second-order valence-corrected chi connectivity index (χ2v) is 3.96. The number of halogens is 3. The van der Waals surface area contributed by atoms with Gasteiger partial charge in [-0.1, -0.05) is 13.8 Å². The van der Waals surface area contributed by atoms with E-state index in [4.69, 9.17) is 11.1 Å². The van der Waals surface area contributed by atoms with E-state index in [9.17, 15) is 13.2 Å². The second-order valence-electron chi connectivity index (χ2n) is 3.96. The quantitative estimate of drug-likeness (QED) is 0.551. The molecule has 0 aliphatic rings. The van der Waals surface area contributed by atoms with Crippen molar-refractivity contribution in [2.45, 2.75) is 38.9 Å². The molecule has 0 rings (SSSR count). The van der Waals surface area contributed by atoms with Gasteiger partial charge in [0.1, 0.15) is 11.8 Å². The highest BCUT2D eigenvalue weighted by Crippen LogP contribution is 2.27. The third kappa shape index (κ3) is 4.38. The zero-order chi connectivity index (χ0) is 12.9. The Labute approximate surface area is 94.3 Å². The molecular weight excluding hydrogens is 219 g/mol.